The molecule has 3 amide bonds. The summed E-state index contributed by atoms with van der Waals surface area (Å²) in [5.41, 5.74) is 1.07. The molecule has 1 saturated carbocycles. The number of urea groups is 1. The number of rotatable bonds is 4. The molecule has 0 aromatic carbocycles. The third-order valence-electron chi connectivity index (χ3n) is 8.08. The third kappa shape index (κ3) is 3.71. The number of piperidine rings is 1. The summed E-state index contributed by atoms with van der Waals surface area (Å²) in [5.74, 6) is 0.562. The second-order valence-electron chi connectivity index (χ2n) is 10.7. The highest BCUT2D eigenvalue weighted by Gasteiger charge is 2.56. The predicted octanol–water partition coefficient (Wildman–Crippen LogP) is 0.0567. The highest BCUT2D eigenvalue weighted by molar-refractivity contribution is 6.47. The normalized spacial score (nSPS) is 27.5. The van der Waals surface area contributed by atoms with Crippen molar-refractivity contribution in [2.24, 2.45) is 16.7 Å². The van der Waals surface area contributed by atoms with E-state index in [4.69, 9.17) is 36.1 Å². The molecule has 3 fully saturated rings. The van der Waals surface area contributed by atoms with Gasteiger partial charge in [-0.15, -0.1) is 0 Å². The first kappa shape index (κ1) is 22.9. The molecular weight excluding hydrogens is 412 g/mol. The lowest BCUT2D eigenvalue weighted by Gasteiger charge is -2.43. The predicted molar refractivity (Wildman–Crippen MR) is 126 cm³/mol. The van der Waals surface area contributed by atoms with Crippen LogP contribution in [0.3, 0.4) is 0 Å². The Labute approximate surface area is 200 Å². The highest BCUT2D eigenvalue weighted by atomic mass is 16.5. The molecular formula is C22H26B4N4O3. The Hall–Kier alpha value is -1.89. The van der Waals surface area contributed by atoms with Crippen molar-refractivity contribution < 1.29 is 14.3 Å². The number of hydrogen-bond donors (Lipinski definition) is 1. The smallest absolute Gasteiger partial charge is 0.316 e. The lowest BCUT2D eigenvalue weighted by Crippen LogP contribution is -2.59. The molecule has 1 atom stereocenters. The molecule has 1 spiro atoms. The van der Waals surface area contributed by atoms with Gasteiger partial charge in [0.2, 0.25) is 5.91 Å². The molecule has 1 unspecified atom stereocenters. The molecule has 1 N–H and O–H groups in total. The highest BCUT2D eigenvalue weighted by Crippen LogP contribution is 2.59. The summed E-state index contributed by atoms with van der Waals surface area (Å²) in [6, 6.07) is 1.12. The molecule has 1 aliphatic carbocycles. The zero-order valence-corrected chi connectivity index (χ0v) is 19.0. The number of nitrogens with one attached hydrogen (secondary N) is 1. The first-order chi connectivity index (χ1) is 15.5. The van der Waals surface area contributed by atoms with Gasteiger partial charge in [-0.1, -0.05) is 6.92 Å². The zero-order valence-electron chi connectivity index (χ0n) is 19.0. The van der Waals surface area contributed by atoms with Gasteiger partial charge in [-0.2, -0.15) is 0 Å². The van der Waals surface area contributed by atoms with E-state index >= 15 is 0 Å². The summed E-state index contributed by atoms with van der Waals surface area (Å²) in [5, 5.41) is -0.362. The van der Waals surface area contributed by atoms with E-state index in [9.17, 15) is 9.59 Å². The topological polar surface area (TPSA) is 74.8 Å². The maximum atomic E-state index is 13.1. The molecule has 11 heteroatoms. The molecule has 3 aliphatic heterocycles. The van der Waals surface area contributed by atoms with Crippen LogP contribution in [-0.2, 0) is 20.2 Å². The van der Waals surface area contributed by atoms with E-state index in [2.05, 4.69) is 17.2 Å². The average Bonchev–Trinajstić information content (AvgIpc) is 3.38. The maximum Gasteiger partial charge on any atom is 0.316 e. The number of hydrogen-bond acceptors (Lipinski definition) is 4. The van der Waals surface area contributed by atoms with E-state index in [1.165, 1.54) is 12.4 Å². The first-order valence-corrected chi connectivity index (χ1v) is 11.5. The Balaban J connectivity index is 1.15. The van der Waals surface area contributed by atoms with Crippen LogP contribution in [0.5, 0.6) is 0 Å². The van der Waals surface area contributed by atoms with Crippen molar-refractivity contribution in [3.63, 3.8) is 0 Å². The summed E-state index contributed by atoms with van der Waals surface area (Å²) in [6.07, 6.45) is 6.49. The van der Waals surface area contributed by atoms with Crippen LogP contribution in [0, 0.1) is 16.7 Å². The Kier molecular flexibility index (Phi) is 5.24. The average molecular weight is 438 g/mol. The van der Waals surface area contributed by atoms with Crippen molar-refractivity contribution in [2.75, 3.05) is 32.8 Å². The van der Waals surface area contributed by atoms with E-state index in [0.717, 1.165) is 37.3 Å². The van der Waals surface area contributed by atoms with Crippen molar-refractivity contribution in [1.82, 2.24) is 20.1 Å². The molecule has 1 aromatic heterocycles. The Bertz CT molecular complexity index is 941. The lowest BCUT2D eigenvalue weighted by atomic mass is 9.57. The van der Waals surface area contributed by atoms with E-state index in [0.29, 0.717) is 43.2 Å². The molecule has 8 radical (unpaired) electrons. The Morgan fingerprint density at radius 1 is 1.15 bits per heavy atom. The Morgan fingerprint density at radius 3 is 2.42 bits per heavy atom. The quantitative estimate of drug-likeness (QED) is 0.676. The largest absolute Gasteiger partial charge is 0.380 e. The number of likely N-dealkylation sites (tertiary alicyclic amines) is 1. The number of ether oxygens (including phenoxy) is 1. The molecule has 33 heavy (non-hydrogen) atoms. The van der Waals surface area contributed by atoms with Crippen LogP contribution >= 0.6 is 0 Å². The molecule has 7 nitrogen and oxygen atoms in total. The summed E-state index contributed by atoms with van der Waals surface area (Å²) in [4.78, 5) is 32.8. The summed E-state index contributed by atoms with van der Waals surface area (Å²) >= 11 is 0. The number of carbonyl (C=O) groups excluding carboxylic acids is 2. The monoisotopic (exact) mass is 438 g/mol. The second-order valence-corrected chi connectivity index (χ2v) is 10.7. The number of pyridine rings is 1. The van der Waals surface area contributed by atoms with Crippen molar-refractivity contribution in [3.05, 3.63) is 29.6 Å². The molecule has 164 valence electrons. The fourth-order valence-corrected chi connectivity index (χ4v) is 5.80. The fraction of sp³-hybridized carbons (Fsp3) is 0.682. The van der Waals surface area contributed by atoms with Crippen LogP contribution < -0.4 is 5.32 Å². The van der Waals surface area contributed by atoms with Crippen LogP contribution in [-0.4, -0.2) is 91.0 Å². The second kappa shape index (κ2) is 7.56. The summed E-state index contributed by atoms with van der Waals surface area (Å²) in [6.45, 7) is 5.44. The van der Waals surface area contributed by atoms with Crippen molar-refractivity contribution >= 4 is 43.3 Å². The molecule has 2 saturated heterocycles. The van der Waals surface area contributed by atoms with E-state index in [1.54, 1.807) is 6.07 Å². The minimum atomic E-state index is -1.66. The van der Waals surface area contributed by atoms with Crippen LogP contribution in [0.15, 0.2) is 18.5 Å². The summed E-state index contributed by atoms with van der Waals surface area (Å²) in [7, 11) is 25.1. The van der Waals surface area contributed by atoms with Crippen LogP contribution in [0.4, 0.5) is 4.79 Å². The van der Waals surface area contributed by atoms with Gasteiger partial charge in [0, 0.05) is 43.9 Å². The number of aromatic nitrogens is 1. The van der Waals surface area contributed by atoms with Gasteiger partial charge in [0.25, 0.3) is 0 Å². The van der Waals surface area contributed by atoms with E-state index in [-0.39, 0.29) is 16.7 Å². The molecule has 4 heterocycles. The SMILES string of the molecule is [B]C1([B])c2ccncc2C([B])([B])N1C(=O)NCC1CC12CCN(C(=O)CC1(C)COC1)CC2. The van der Waals surface area contributed by atoms with Gasteiger partial charge >= 0.3 is 6.03 Å². The van der Waals surface area contributed by atoms with Crippen LogP contribution in [0.25, 0.3) is 0 Å². The van der Waals surface area contributed by atoms with Crippen LogP contribution in [0.2, 0.25) is 0 Å². The van der Waals surface area contributed by atoms with Gasteiger partial charge < -0.3 is 19.9 Å². The minimum Gasteiger partial charge on any atom is -0.380 e. The van der Waals surface area contributed by atoms with Crippen molar-refractivity contribution in [2.45, 2.75) is 43.3 Å². The number of amides is 3. The van der Waals surface area contributed by atoms with Gasteiger partial charge in [-0.3, -0.25) is 9.78 Å². The molecule has 4 aliphatic rings. The Morgan fingerprint density at radius 2 is 1.82 bits per heavy atom. The number of fused-ring (bicyclic) bond motifs is 1. The molecule has 5 rings (SSSR count). The van der Waals surface area contributed by atoms with Gasteiger partial charge in [-0.25, -0.2) is 4.79 Å². The number of nitrogens with zero attached hydrogens (tertiary/aromatic N) is 3. The van der Waals surface area contributed by atoms with Gasteiger partial charge in [0.05, 0.1) is 44.6 Å². The van der Waals surface area contributed by atoms with Gasteiger partial charge in [-0.05, 0) is 58.5 Å². The van der Waals surface area contributed by atoms with E-state index in [1.807, 2.05) is 4.90 Å². The first-order valence-electron chi connectivity index (χ1n) is 11.5. The fourth-order valence-electron chi connectivity index (χ4n) is 5.80. The summed E-state index contributed by atoms with van der Waals surface area (Å²) < 4.78 is 5.27. The number of carbonyl (C=O) groups is 2. The van der Waals surface area contributed by atoms with Crippen LogP contribution in [0.1, 0.15) is 43.7 Å². The van der Waals surface area contributed by atoms with Gasteiger partial charge in [0.1, 0.15) is 0 Å². The maximum absolute atomic E-state index is 13.1. The minimum absolute atomic E-state index is 0.00762. The van der Waals surface area contributed by atoms with Gasteiger partial charge in [0.15, 0.2) is 0 Å². The van der Waals surface area contributed by atoms with E-state index < -0.39 is 16.7 Å². The van der Waals surface area contributed by atoms with Crippen molar-refractivity contribution in [1.29, 1.82) is 0 Å². The zero-order chi connectivity index (χ0) is 23.6. The standard InChI is InChI=1S/C22H26B4N4O3/c1-19(12-33-13-19)9-17(31)29-6-3-20(4-7-29)8-14(20)10-28-18(32)30-21(23,24)15-2-5-27-11-16(15)22(30,25)26/h2,5,11,14H,3-4,6-10,12-13H2,1H3,(H,28,32). The molecule has 0 bridgehead atoms. The molecule has 1 aromatic rings. The lowest BCUT2D eigenvalue weighted by molar-refractivity contribution is -0.149. The van der Waals surface area contributed by atoms with Crippen molar-refractivity contribution in [3.8, 4) is 0 Å². The third-order valence-corrected chi connectivity index (χ3v) is 8.08.